The van der Waals surface area contributed by atoms with Gasteiger partial charge >= 0.3 is 5.97 Å². The van der Waals surface area contributed by atoms with E-state index in [9.17, 15) is 9.18 Å². The summed E-state index contributed by atoms with van der Waals surface area (Å²) in [6, 6.07) is 5.97. The number of methoxy groups -OCH3 is 1. The van der Waals surface area contributed by atoms with Crippen molar-refractivity contribution in [1.29, 1.82) is 5.26 Å². The molecule has 0 aliphatic heterocycles. The van der Waals surface area contributed by atoms with Crippen LogP contribution >= 0.6 is 0 Å². The van der Waals surface area contributed by atoms with Crippen LogP contribution in [-0.2, 0) is 9.53 Å². The minimum atomic E-state index is -0.522. The van der Waals surface area contributed by atoms with Crippen LogP contribution in [-0.4, -0.2) is 25.7 Å². The lowest BCUT2D eigenvalue weighted by Crippen LogP contribution is -2.36. The molecule has 1 aromatic rings. The SMILES string of the molecule is COC(=O)CN(c1ccc(C#N)cc1F)C(C)C. The molecule has 5 heteroatoms. The molecule has 0 heterocycles. The highest BCUT2D eigenvalue weighted by atomic mass is 19.1. The van der Waals surface area contributed by atoms with E-state index in [-0.39, 0.29) is 23.8 Å². The number of nitrogens with zero attached hydrogens (tertiary/aromatic N) is 2. The average Bonchev–Trinajstić information content (AvgIpc) is 2.35. The Hall–Kier alpha value is -2.09. The number of nitriles is 1. The highest BCUT2D eigenvalue weighted by Crippen LogP contribution is 2.22. The first-order valence-corrected chi connectivity index (χ1v) is 5.52. The van der Waals surface area contributed by atoms with Crippen LogP contribution in [0.25, 0.3) is 0 Å². The van der Waals surface area contributed by atoms with Gasteiger partial charge in [0.05, 0.1) is 24.4 Å². The molecule has 0 spiro atoms. The van der Waals surface area contributed by atoms with Gasteiger partial charge in [-0.15, -0.1) is 0 Å². The van der Waals surface area contributed by atoms with Crippen molar-refractivity contribution in [2.24, 2.45) is 0 Å². The van der Waals surface area contributed by atoms with Gasteiger partial charge in [-0.25, -0.2) is 4.39 Å². The van der Waals surface area contributed by atoms with Gasteiger partial charge in [0.15, 0.2) is 0 Å². The Morgan fingerprint density at radius 1 is 1.56 bits per heavy atom. The predicted molar refractivity (Wildman–Crippen MR) is 65.6 cm³/mol. The summed E-state index contributed by atoms with van der Waals surface area (Å²) >= 11 is 0. The van der Waals surface area contributed by atoms with Crippen LogP contribution in [0.5, 0.6) is 0 Å². The zero-order valence-corrected chi connectivity index (χ0v) is 10.6. The topological polar surface area (TPSA) is 53.3 Å². The summed E-state index contributed by atoms with van der Waals surface area (Å²) in [6.07, 6.45) is 0. The molecule has 0 unspecified atom stereocenters. The Morgan fingerprint density at radius 3 is 2.67 bits per heavy atom. The van der Waals surface area contributed by atoms with Gasteiger partial charge in [-0.3, -0.25) is 4.79 Å². The van der Waals surface area contributed by atoms with E-state index in [1.807, 2.05) is 19.9 Å². The van der Waals surface area contributed by atoms with Crippen LogP contribution in [0.2, 0.25) is 0 Å². The van der Waals surface area contributed by atoms with Crippen molar-refractivity contribution in [2.75, 3.05) is 18.6 Å². The molecule has 0 aromatic heterocycles. The van der Waals surface area contributed by atoms with Crippen molar-refractivity contribution < 1.29 is 13.9 Å². The molecule has 0 aliphatic carbocycles. The van der Waals surface area contributed by atoms with Gasteiger partial charge in [0, 0.05) is 6.04 Å². The fourth-order valence-electron chi connectivity index (χ4n) is 1.56. The number of rotatable bonds is 4. The first-order valence-electron chi connectivity index (χ1n) is 5.52. The van der Waals surface area contributed by atoms with Crippen LogP contribution in [0.3, 0.4) is 0 Å². The van der Waals surface area contributed by atoms with Crippen molar-refractivity contribution in [1.82, 2.24) is 0 Å². The highest BCUT2D eigenvalue weighted by Gasteiger charge is 2.18. The van der Waals surface area contributed by atoms with Crippen LogP contribution in [0.15, 0.2) is 18.2 Å². The minimum Gasteiger partial charge on any atom is -0.468 e. The van der Waals surface area contributed by atoms with Crippen LogP contribution in [0.4, 0.5) is 10.1 Å². The number of anilines is 1. The largest absolute Gasteiger partial charge is 0.468 e. The van der Waals surface area contributed by atoms with E-state index in [2.05, 4.69) is 4.74 Å². The van der Waals surface area contributed by atoms with Crippen molar-refractivity contribution >= 4 is 11.7 Å². The normalized spacial score (nSPS) is 10.0. The van der Waals surface area contributed by atoms with Crippen LogP contribution < -0.4 is 4.90 Å². The number of benzene rings is 1. The van der Waals surface area contributed by atoms with Gasteiger partial charge in [-0.1, -0.05) is 0 Å². The fourth-order valence-corrected chi connectivity index (χ4v) is 1.56. The number of ether oxygens (including phenoxy) is 1. The molecular formula is C13H15FN2O2. The van der Waals surface area contributed by atoms with Crippen molar-refractivity contribution in [2.45, 2.75) is 19.9 Å². The van der Waals surface area contributed by atoms with E-state index in [1.165, 1.54) is 19.2 Å². The average molecular weight is 250 g/mol. The third-order valence-corrected chi connectivity index (χ3v) is 2.54. The third-order valence-electron chi connectivity index (χ3n) is 2.54. The van der Waals surface area contributed by atoms with Crippen molar-refractivity contribution in [3.05, 3.63) is 29.6 Å². The molecule has 4 nitrogen and oxygen atoms in total. The molecule has 0 bridgehead atoms. The molecule has 0 fully saturated rings. The quantitative estimate of drug-likeness (QED) is 0.768. The first-order chi connectivity index (χ1) is 8.49. The molecule has 0 amide bonds. The predicted octanol–water partition coefficient (Wildman–Crippen LogP) is 2.09. The lowest BCUT2D eigenvalue weighted by Gasteiger charge is -2.28. The molecule has 0 aliphatic rings. The summed E-state index contributed by atoms with van der Waals surface area (Å²) in [4.78, 5) is 12.9. The Labute approximate surface area is 106 Å². The summed E-state index contributed by atoms with van der Waals surface area (Å²) in [5.41, 5.74) is 0.535. The molecule has 18 heavy (non-hydrogen) atoms. The van der Waals surface area contributed by atoms with E-state index in [1.54, 1.807) is 4.90 Å². The van der Waals surface area contributed by atoms with Crippen molar-refractivity contribution in [3.63, 3.8) is 0 Å². The number of esters is 1. The molecular weight excluding hydrogens is 235 g/mol. The molecule has 0 atom stereocenters. The fraction of sp³-hybridized carbons (Fsp3) is 0.385. The molecule has 1 aromatic carbocycles. The van der Waals surface area contributed by atoms with E-state index in [0.29, 0.717) is 0 Å². The molecule has 0 N–H and O–H groups in total. The summed E-state index contributed by atoms with van der Waals surface area (Å²) in [6.45, 7) is 3.66. The van der Waals surface area contributed by atoms with E-state index < -0.39 is 11.8 Å². The number of hydrogen-bond donors (Lipinski definition) is 0. The second-order valence-corrected chi connectivity index (χ2v) is 4.08. The molecule has 1 rings (SSSR count). The Morgan fingerprint density at radius 2 is 2.22 bits per heavy atom. The van der Waals surface area contributed by atoms with E-state index >= 15 is 0 Å². The Kier molecular flexibility index (Phi) is 4.67. The van der Waals surface area contributed by atoms with Crippen LogP contribution in [0, 0.1) is 17.1 Å². The molecule has 0 saturated heterocycles. The zero-order valence-electron chi connectivity index (χ0n) is 10.6. The highest BCUT2D eigenvalue weighted by molar-refractivity contribution is 5.76. The van der Waals surface area contributed by atoms with Gasteiger partial charge in [-0.2, -0.15) is 5.26 Å². The van der Waals surface area contributed by atoms with Crippen LogP contribution in [0.1, 0.15) is 19.4 Å². The third kappa shape index (κ3) is 3.20. The summed E-state index contributed by atoms with van der Waals surface area (Å²) in [5.74, 6) is -0.959. The van der Waals surface area contributed by atoms with Gasteiger partial charge in [0.25, 0.3) is 0 Å². The standard InChI is InChI=1S/C13H15FN2O2/c1-9(2)16(8-13(17)18-3)12-5-4-10(7-15)6-11(12)14/h4-6,9H,8H2,1-3H3. The maximum absolute atomic E-state index is 13.9. The molecule has 0 radical (unpaired) electrons. The first kappa shape index (κ1) is 14.0. The number of carbonyl (C=O) groups is 1. The second kappa shape index (κ2) is 6.01. The van der Waals surface area contributed by atoms with E-state index in [0.717, 1.165) is 6.07 Å². The van der Waals surface area contributed by atoms with Crippen molar-refractivity contribution in [3.8, 4) is 6.07 Å². The van der Waals surface area contributed by atoms with Gasteiger partial charge in [0.1, 0.15) is 12.4 Å². The van der Waals surface area contributed by atoms with Gasteiger partial charge in [-0.05, 0) is 32.0 Å². The molecule has 0 saturated carbocycles. The molecule has 96 valence electrons. The monoisotopic (exact) mass is 250 g/mol. The summed E-state index contributed by atoms with van der Waals surface area (Å²) in [7, 11) is 1.29. The maximum Gasteiger partial charge on any atom is 0.325 e. The minimum absolute atomic E-state index is 0.0308. The lowest BCUT2D eigenvalue weighted by atomic mass is 10.1. The van der Waals surface area contributed by atoms with Gasteiger partial charge < -0.3 is 9.64 Å². The summed E-state index contributed by atoms with van der Waals surface area (Å²) in [5, 5.41) is 8.68. The van der Waals surface area contributed by atoms with E-state index in [4.69, 9.17) is 5.26 Å². The lowest BCUT2D eigenvalue weighted by molar-refractivity contribution is -0.139. The Bertz CT molecular complexity index is 480. The Balaban J connectivity index is 3.07. The number of hydrogen-bond acceptors (Lipinski definition) is 4. The maximum atomic E-state index is 13.9. The second-order valence-electron chi connectivity index (χ2n) is 4.08. The zero-order chi connectivity index (χ0) is 13.7. The number of carbonyl (C=O) groups excluding carboxylic acids is 1. The number of halogens is 1. The van der Waals surface area contributed by atoms with Gasteiger partial charge in [0.2, 0.25) is 0 Å². The smallest absolute Gasteiger partial charge is 0.325 e. The summed E-state index contributed by atoms with van der Waals surface area (Å²) < 4.78 is 18.4.